The zero-order valence-electron chi connectivity index (χ0n) is 12.8. The summed E-state index contributed by atoms with van der Waals surface area (Å²) in [4.78, 5) is 0. The van der Waals surface area contributed by atoms with Gasteiger partial charge in [0.1, 0.15) is 0 Å². The topological polar surface area (TPSA) is 59.8 Å². The minimum Gasteiger partial charge on any atom is -0.454 e. The summed E-state index contributed by atoms with van der Waals surface area (Å²) >= 11 is 0. The van der Waals surface area contributed by atoms with Crippen molar-refractivity contribution < 1.29 is 9.47 Å². The molecular formula is C16H25N3O2. The lowest BCUT2D eigenvalue weighted by Crippen LogP contribution is -2.54. The molecule has 5 nitrogen and oxygen atoms in total. The van der Waals surface area contributed by atoms with E-state index in [0.717, 1.165) is 17.1 Å². The molecular weight excluding hydrogens is 266 g/mol. The van der Waals surface area contributed by atoms with Crippen LogP contribution in [0.4, 0.5) is 0 Å². The molecule has 2 heterocycles. The molecule has 5 heteroatoms. The Morgan fingerprint density at radius 3 is 2.67 bits per heavy atom. The lowest BCUT2D eigenvalue weighted by molar-refractivity contribution is 0.0304. The highest BCUT2D eigenvalue weighted by Crippen LogP contribution is 2.34. The molecule has 3 N–H and O–H groups in total. The van der Waals surface area contributed by atoms with Gasteiger partial charge < -0.3 is 15.2 Å². The number of ether oxygens (including phenoxy) is 2. The van der Waals surface area contributed by atoms with E-state index < -0.39 is 0 Å². The van der Waals surface area contributed by atoms with E-state index in [4.69, 9.17) is 15.2 Å². The maximum absolute atomic E-state index is 6.00. The summed E-state index contributed by atoms with van der Waals surface area (Å²) in [6, 6.07) is 7.24. The molecule has 2 aliphatic heterocycles. The van der Waals surface area contributed by atoms with Crippen LogP contribution in [0.1, 0.15) is 44.7 Å². The number of nitrogens with zero attached hydrogens (tertiary/aromatic N) is 1. The van der Waals surface area contributed by atoms with Crippen LogP contribution in [0.3, 0.4) is 0 Å². The van der Waals surface area contributed by atoms with Crippen LogP contribution in [0.25, 0.3) is 0 Å². The highest BCUT2D eigenvalue weighted by Gasteiger charge is 2.27. The van der Waals surface area contributed by atoms with Crippen molar-refractivity contribution in [3.05, 3.63) is 23.8 Å². The first kappa shape index (κ1) is 14.6. The Hall–Kier alpha value is -1.30. The van der Waals surface area contributed by atoms with Gasteiger partial charge in [0, 0.05) is 18.6 Å². The number of nitrogens with one attached hydrogen (secondary N) is 1. The van der Waals surface area contributed by atoms with E-state index in [1.807, 2.05) is 12.1 Å². The molecule has 3 rings (SSSR count). The molecule has 3 unspecified atom stereocenters. The third kappa shape index (κ3) is 3.00. The highest BCUT2D eigenvalue weighted by molar-refractivity contribution is 5.45. The summed E-state index contributed by atoms with van der Waals surface area (Å²) in [7, 11) is 0. The standard InChI is InChI=1S/C16H25N3O2/c1-11-4-3-5-12(2)19(11)18-14(9-17)13-6-7-15-16(8-13)21-10-20-15/h6-8,11-12,14,18H,3-5,9-10,17H2,1-2H3. The Balaban J connectivity index is 1.75. The third-order valence-corrected chi connectivity index (χ3v) is 4.53. The minimum atomic E-state index is 0.0995. The van der Waals surface area contributed by atoms with Crippen molar-refractivity contribution in [1.82, 2.24) is 10.4 Å². The molecule has 0 radical (unpaired) electrons. The molecule has 3 atom stereocenters. The summed E-state index contributed by atoms with van der Waals surface area (Å²) in [6.45, 7) is 5.40. The molecule has 21 heavy (non-hydrogen) atoms. The first-order valence-corrected chi connectivity index (χ1v) is 7.83. The number of piperidine rings is 1. The van der Waals surface area contributed by atoms with E-state index in [0.29, 0.717) is 25.4 Å². The largest absolute Gasteiger partial charge is 0.454 e. The van der Waals surface area contributed by atoms with E-state index in [1.54, 1.807) is 0 Å². The lowest BCUT2D eigenvalue weighted by atomic mass is 9.99. The smallest absolute Gasteiger partial charge is 0.231 e. The summed E-state index contributed by atoms with van der Waals surface area (Å²) < 4.78 is 10.8. The number of hydrogen-bond donors (Lipinski definition) is 2. The Kier molecular flexibility index (Phi) is 4.33. The van der Waals surface area contributed by atoms with Gasteiger partial charge >= 0.3 is 0 Å². The van der Waals surface area contributed by atoms with Crippen molar-refractivity contribution in [3.63, 3.8) is 0 Å². The Morgan fingerprint density at radius 2 is 1.95 bits per heavy atom. The number of fused-ring (bicyclic) bond motifs is 1. The second-order valence-electron chi connectivity index (χ2n) is 6.07. The average molecular weight is 291 g/mol. The first-order valence-electron chi connectivity index (χ1n) is 7.83. The number of rotatable bonds is 4. The lowest BCUT2D eigenvalue weighted by Gasteiger charge is -2.41. The molecule has 0 saturated carbocycles. The Bertz CT molecular complexity index is 484. The molecule has 116 valence electrons. The molecule has 1 saturated heterocycles. The third-order valence-electron chi connectivity index (χ3n) is 4.53. The molecule has 0 aliphatic carbocycles. The van der Waals surface area contributed by atoms with Gasteiger partial charge in [0.15, 0.2) is 11.5 Å². The van der Waals surface area contributed by atoms with Crippen molar-refractivity contribution in [3.8, 4) is 11.5 Å². The fraction of sp³-hybridized carbons (Fsp3) is 0.625. The molecule has 0 bridgehead atoms. The zero-order valence-corrected chi connectivity index (χ0v) is 12.8. The Morgan fingerprint density at radius 1 is 1.24 bits per heavy atom. The van der Waals surface area contributed by atoms with Gasteiger partial charge in [0.05, 0.1) is 6.04 Å². The predicted molar refractivity (Wildman–Crippen MR) is 82.1 cm³/mol. The van der Waals surface area contributed by atoms with Gasteiger partial charge in [-0.25, -0.2) is 10.4 Å². The van der Waals surface area contributed by atoms with Crippen LogP contribution in [0.2, 0.25) is 0 Å². The van der Waals surface area contributed by atoms with Gasteiger partial charge in [-0.2, -0.15) is 0 Å². The van der Waals surface area contributed by atoms with Crippen LogP contribution in [-0.4, -0.2) is 30.4 Å². The van der Waals surface area contributed by atoms with E-state index in [2.05, 4.69) is 30.3 Å². The van der Waals surface area contributed by atoms with Crippen molar-refractivity contribution in [2.24, 2.45) is 5.73 Å². The monoisotopic (exact) mass is 291 g/mol. The molecule has 1 aromatic rings. The van der Waals surface area contributed by atoms with Crippen LogP contribution >= 0.6 is 0 Å². The fourth-order valence-electron chi connectivity index (χ4n) is 3.25. The molecule has 2 aliphatic rings. The average Bonchev–Trinajstić information content (AvgIpc) is 2.94. The van der Waals surface area contributed by atoms with Gasteiger partial charge in [-0.1, -0.05) is 12.5 Å². The molecule has 1 aromatic carbocycles. The first-order chi connectivity index (χ1) is 10.2. The second kappa shape index (κ2) is 6.22. The summed E-state index contributed by atoms with van der Waals surface area (Å²) in [5.41, 5.74) is 10.8. The van der Waals surface area contributed by atoms with Crippen molar-refractivity contribution in [2.75, 3.05) is 13.3 Å². The number of benzene rings is 1. The van der Waals surface area contributed by atoms with Gasteiger partial charge in [-0.05, 0) is 44.4 Å². The van der Waals surface area contributed by atoms with Gasteiger partial charge in [0.2, 0.25) is 6.79 Å². The number of hydrazine groups is 1. The van der Waals surface area contributed by atoms with Crippen LogP contribution in [0, 0.1) is 0 Å². The van der Waals surface area contributed by atoms with E-state index in [9.17, 15) is 0 Å². The van der Waals surface area contributed by atoms with Crippen LogP contribution < -0.4 is 20.6 Å². The van der Waals surface area contributed by atoms with E-state index >= 15 is 0 Å². The van der Waals surface area contributed by atoms with E-state index in [1.165, 1.54) is 19.3 Å². The quantitative estimate of drug-likeness (QED) is 0.890. The van der Waals surface area contributed by atoms with Crippen LogP contribution in [0.15, 0.2) is 18.2 Å². The maximum Gasteiger partial charge on any atom is 0.231 e. The normalized spacial score (nSPS) is 26.8. The van der Waals surface area contributed by atoms with Crippen molar-refractivity contribution in [1.29, 1.82) is 0 Å². The SMILES string of the molecule is CC1CCCC(C)N1NC(CN)c1ccc2c(c1)OCO2. The zero-order chi connectivity index (χ0) is 14.8. The fourth-order valence-corrected chi connectivity index (χ4v) is 3.25. The minimum absolute atomic E-state index is 0.0995. The second-order valence-corrected chi connectivity index (χ2v) is 6.07. The van der Waals surface area contributed by atoms with Gasteiger partial charge in [0.25, 0.3) is 0 Å². The van der Waals surface area contributed by atoms with Gasteiger partial charge in [-0.3, -0.25) is 0 Å². The Labute approximate surface area is 126 Å². The molecule has 0 spiro atoms. The maximum atomic E-state index is 6.00. The predicted octanol–water partition coefficient (Wildman–Crippen LogP) is 2.18. The summed E-state index contributed by atoms with van der Waals surface area (Å²) in [5.74, 6) is 1.63. The van der Waals surface area contributed by atoms with Crippen molar-refractivity contribution >= 4 is 0 Å². The highest BCUT2D eigenvalue weighted by atomic mass is 16.7. The number of nitrogens with two attached hydrogens (primary N) is 1. The van der Waals surface area contributed by atoms with Crippen LogP contribution in [-0.2, 0) is 0 Å². The van der Waals surface area contributed by atoms with Crippen LogP contribution in [0.5, 0.6) is 11.5 Å². The number of hydrogen-bond acceptors (Lipinski definition) is 5. The van der Waals surface area contributed by atoms with E-state index in [-0.39, 0.29) is 6.04 Å². The molecule has 1 fully saturated rings. The summed E-state index contributed by atoms with van der Waals surface area (Å²) in [6.07, 6.45) is 3.77. The molecule has 0 amide bonds. The molecule has 0 aromatic heterocycles. The van der Waals surface area contributed by atoms with Crippen molar-refractivity contribution in [2.45, 2.75) is 51.2 Å². The summed E-state index contributed by atoms with van der Waals surface area (Å²) in [5, 5.41) is 2.37. The van der Waals surface area contributed by atoms with Gasteiger partial charge in [-0.15, -0.1) is 0 Å².